The van der Waals surface area contributed by atoms with Crippen LogP contribution in [-0.4, -0.2) is 12.3 Å². The number of benzene rings is 4. The van der Waals surface area contributed by atoms with Gasteiger partial charge in [-0.2, -0.15) is 12.3 Å². The van der Waals surface area contributed by atoms with Crippen LogP contribution in [0.4, 0.5) is 0 Å². The van der Waals surface area contributed by atoms with Crippen LogP contribution in [0.5, 0.6) is 0 Å². The summed E-state index contributed by atoms with van der Waals surface area (Å²) in [4.78, 5) is 0. The van der Waals surface area contributed by atoms with Crippen LogP contribution in [0.15, 0.2) is 121 Å². The Hall–Kier alpha value is -1.55. The average Bonchev–Trinajstić information content (AvgIpc) is 3.81. The van der Waals surface area contributed by atoms with Crippen molar-refractivity contribution < 1.29 is 21.7 Å². The zero-order valence-electron chi connectivity index (χ0n) is 24.8. The molecule has 0 N–H and O–H groups in total. The Morgan fingerprint density at radius 3 is 0.659 bits per heavy atom. The summed E-state index contributed by atoms with van der Waals surface area (Å²) >= 11 is 0. The maximum atomic E-state index is 4.07. The molecule has 4 aromatic carbocycles. The molecule has 6 rings (SSSR count). The molecule has 0 aliphatic heterocycles. The third kappa shape index (κ3) is 14.0. The largest absolute Gasteiger partial charge is 2.00 e. The van der Waals surface area contributed by atoms with E-state index in [1.165, 1.54) is 85.4 Å². The quantitative estimate of drug-likeness (QED) is 0.115. The summed E-state index contributed by atoms with van der Waals surface area (Å²) in [5.41, 5.74) is 0. The van der Waals surface area contributed by atoms with Crippen LogP contribution in [-0.2, 0) is 21.7 Å². The van der Waals surface area contributed by atoms with Crippen molar-refractivity contribution >= 4 is 37.1 Å². The molecule has 2 aliphatic rings. The smallest absolute Gasteiger partial charge is 0.339 e. The van der Waals surface area contributed by atoms with E-state index in [0.29, 0.717) is 0 Å². The maximum absolute atomic E-state index is 4.07. The summed E-state index contributed by atoms with van der Waals surface area (Å²) in [5, 5.41) is 5.64. The molecule has 0 nitrogen and oxygen atoms in total. The van der Waals surface area contributed by atoms with Gasteiger partial charge in [-0.3, -0.25) is 0 Å². The summed E-state index contributed by atoms with van der Waals surface area (Å²) in [6.07, 6.45) is 16.9. The molecule has 3 heteroatoms. The second-order valence-corrected chi connectivity index (χ2v) is 14.9. The minimum atomic E-state index is -0.260. The molecule has 0 amide bonds. The molecule has 2 aliphatic carbocycles. The molecule has 2 fully saturated rings. The Bertz CT molecular complexity index is 925. The number of hydrogen-bond acceptors (Lipinski definition) is 0. The van der Waals surface area contributed by atoms with E-state index in [4.69, 9.17) is 0 Å². The van der Waals surface area contributed by atoms with Crippen LogP contribution in [0.25, 0.3) is 0 Å². The van der Waals surface area contributed by atoms with Crippen LogP contribution in [0.3, 0.4) is 0 Å². The van der Waals surface area contributed by atoms with Crippen LogP contribution in [0.1, 0.15) is 64.2 Å². The van der Waals surface area contributed by atoms with Gasteiger partial charge in [-0.1, -0.05) is 201 Å². The van der Waals surface area contributed by atoms with E-state index in [0.717, 1.165) is 12.3 Å². The Labute approximate surface area is 269 Å². The summed E-state index contributed by atoms with van der Waals surface area (Å²) in [6.45, 7) is 8.14. The SMILES string of the molecule is C1CCCC1.C1CCCC1.[CH2-]CP(c1ccccc1)c1ccccc1.[CH2-]CP(c1ccccc1)c1ccccc1.[Ti+2]. The monoisotopic (exact) mass is 614 g/mol. The first-order valence-electron chi connectivity index (χ1n) is 15.2. The molecule has 0 heterocycles. The molecule has 4 aromatic rings. The third-order valence-electron chi connectivity index (χ3n) is 7.22. The molecule has 0 saturated heterocycles. The molecule has 0 spiro atoms. The van der Waals surface area contributed by atoms with Crippen molar-refractivity contribution in [3.8, 4) is 0 Å². The van der Waals surface area contributed by atoms with Gasteiger partial charge in [0.15, 0.2) is 0 Å². The fraction of sp³-hybridized carbons (Fsp3) is 0.316. The van der Waals surface area contributed by atoms with Gasteiger partial charge in [0.05, 0.1) is 0 Å². The Kier molecular flexibility index (Phi) is 20.0. The first-order valence-corrected chi connectivity index (χ1v) is 18.2. The molecule has 0 radical (unpaired) electrons. The second-order valence-electron chi connectivity index (χ2n) is 10.2. The normalized spacial score (nSPS) is 13.6. The van der Waals surface area contributed by atoms with Crippen molar-refractivity contribution in [1.29, 1.82) is 0 Å². The van der Waals surface area contributed by atoms with Crippen molar-refractivity contribution in [2.24, 2.45) is 0 Å². The summed E-state index contributed by atoms with van der Waals surface area (Å²) in [5.74, 6) is 0. The summed E-state index contributed by atoms with van der Waals surface area (Å²) in [7, 11) is -0.520. The minimum Gasteiger partial charge on any atom is -0.339 e. The first-order chi connectivity index (χ1) is 19.8. The molecule has 0 bridgehead atoms. The summed E-state index contributed by atoms with van der Waals surface area (Å²) in [6, 6.07) is 42.6. The van der Waals surface area contributed by atoms with Gasteiger partial charge >= 0.3 is 21.7 Å². The molecule has 0 unspecified atom stereocenters. The van der Waals surface area contributed by atoms with Crippen molar-refractivity contribution in [2.45, 2.75) is 64.2 Å². The molecular formula is C38H48P2Ti. The van der Waals surface area contributed by atoms with Gasteiger partial charge in [0.2, 0.25) is 0 Å². The van der Waals surface area contributed by atoms with E-state index in [2.05, 4.69) is 135 Å². The van der Waals surface area contributed by atoms with Gasteiger partial charge in [0.1, 0.15) is 0 Å². The molecule has 214 valence electrons. The zero-order chi connectivity index (χ0) is 28.1. The van der Waals surface area contributed by atoms with Crippen molar-refractivity contribution in [2.75, 3.05) is 12.3 Å². The first kappa shape index (κ1) is 35.6. The van der Waals surface area contributed by atoms with Crippen molar-refractivity contribution in [3.05, 3.63) is 135 Å². The standard InChI is InChI=1S/2C14H14P.2C5H10.Ti/c2*1-2-15(13-9-5-3-6-10-13)14-11-7-4-8-12-14;2*1-2-4-5-3-1;/h2*3-12H,1-2H2;2*1-5H2;/q2*-1;;;+2. The van der Waals surface area contributed by atoms with E-state index in [9.17, 15) is 0 Å². The number of hydrogen-bond donors (Lipinski definition) is 0. The van der Waals surface area contributed by atoms with Gasteiger partial charge < -0.3 is 13.8 Å². The van der Waals surface area contributed by atoms with Crippen molar-refractivity contribution in [1.82, 2.24) is 0 Å². The molecule has 41 heavy (non-hydrogen) atoms. The Balaban J connectivity index is 0.000000211. The van der Waals surface area contributed by atoms with E-state index < -0.39 is 0 Å². The van der Waals surface area contributed by atoms with E-state index in [-0.39, 0.29) is 37.6 Å². The van der Waals surface area contributed by atoms with Gasteiger partial charge in [-0.15, -0.1) is 0 Å². The molecular weight excluding hydrogens is 566 g/mol. The molecule has 2 saturated carbocycles. The fourth-order valence-corrected chi connectivity index (χ4v) is 8.77. The maximum Gasteiger partial charge on any atom is 2.00 e. The van der Waals surface area contributed by atoms with Crippen molar-refractivity contribution in [3.63, 3.8) is 0 Å². The van der Waals surface area contributed by atoms with Crippen LogP contribution >= 0.6 is 15.8 Å². The van der Waals surface area contributed by atoms with E-state index in [1.807, 2.05) is 0 Å². The van der Waals surface area contributed by atoms with E-state index >= 15 is 0 Å². The Morgan fingerprint density at radius 2 is 0.512 bits per heavy atom. The van der Waals surface area contributed by atoms with E-state index in [1.54, 1.807) is 0 Å². The summed E-state index contributed by atoms with van der Waals surface area (Å²) < 4.78 is 0. The topological polar surface area (TPSA) is 0 Å². The fourth-order valence-electron chi connectivity index (χ4n) is 5.01. The van der Waals surface area contributed by atoms with Gasteiger partial charge in [0, 0.05) is 0 Å². The number of rotatable bonds is 6. The van der Waals surface area contributed by atoms with Crippen LogP contribution in [0.2, 0.25) is 0 Å². The predicted molar refractivity (Wildman–Crippen MR) is 185 cm³/mol. The molecule has 0 atom stereocenters. The molecule has 0 aromatic heterocycles. The van der Waals surface area contributed by atoms with Crippen LogP contribution < -0.4 is 21.2 Å². The van der Waals surface area contributed by atoms with Gasteiger partial charge in [-0.25, -0.2) is 0 Å². The van der Waals surface area contributed by atoms with Crippen LogP contribution in [0, 0.1) is 13.8 Å². The third-order valence-corrected chi connectivity index (χ3v) is 11.8. The Morgan fingerprint density at radius 1 is 0.341 bits per heavy atom. The van der Waals surface area contributed by atoms with Gasteiger partial charge in [0.25, 0.3) is 0 Å². The zero-order valence-corrected chi connectivity index (χ0v) is 28.2. The minimum absolute atomic E-state index is 0. The van der Waals surface area contributed by atoms with Gasteiger partial charge in [-0.05, 0) is 21.2 Å². The predicted octanol–water partition coefficient (Wildman–Crippen LogP) is 9.81. The average molecular weight is 615 g/mol. The second kappa shape index (κ2) is 23.0.